The van der Waals surface area contributed by atoms with Gasteiger partial charge in [-0.2, -0.15) is 0 Å². The minimum absolute atomic E-state index is 1.09. The summed E-state index contributed by atoms with van der Waals surface area (Å²) < 4.78 is 0. The van der Waals surface area contributed by atoms with Crippen molar-refractivity contribution >= 4 is 70.9 Å². The van der Waals surface area contributed by atoms with E-state index in [1.807, 2.05) is 0 Å². The van der Waals surface area contributed by atoms with Gasteiger partial charge in [0.1, 0.15) is 0 Å². The van der Waals surface area contributed by atoms with Crippen molar-refractivity contribution in [3.8, 4) is 55.6 Å². The van der Waals surface area contributed by atoms with Crippen LogP contribution in [0.15, 0.2) is 273 Å². The SMILES string of the molecule is c1ccc(-c2c(-c3ccccc3)c3cc(-c4ccc(N(c5ccc(-c6ccc7c(ccc8ccccc87)c6)cc5)c5cccc(-c6cccc7ccccc67)c5)cc4)ccc3c3ccccc23)cc1. The van der Waals surface area contributed by atoms with Crippen molar-refractivity contribution in [1.29, 1.82) is 0 Å². The smallest absolute Gasteiger partial charge is 0.0467 e. The maximum Gasteiger partial charge on any atom is 0.0467 e. The number of nitrogens with zero attached hydrogens (tertiary/aromatic N) is 1. The van der Waals surface area contributed by atoms with Gasteiger partial charge in [-0.1, -0.05) is 224 Å². The first-order valence-corrected chi connectivity index (χ1v) is 23.8. The van der Waals surface area contributed by atoms with Crippen molar-refractivity contribution in [2.24, 2.45) is 0 Å². The summed E-state index contributed by atoms with van der Waals surface area (Å²) in [7, 11) is 0. The van der Waals surface area contributed by atoms with Gasteiger partial charge in [0.2, 0.25) is 0 Å². The van der Waals surface area contributed by atoms with E-state index in [-0.39, 0.29) is 0 Å². The lowest BCUT2D eigenvalue weighted by Gasteiger charge is -2.26. The third-order valence-electron chi connectivity index (χ3n) is 14.0. The first-order chi connectivity index (χ1) is 34.2. The van der Waals surface area contributed by atoms with Gasteiger partial charge in [0.05, 0.1) is 0 Å². The lowest BCUT2D eigenvalue weighted by molar-refractivity contribution is 1.28. The van der Waals surface area contributed by atoms with E-state index in [0.29, 0.717) is 0 Å². The molecule has 13 rings (SSSR count). The monoisotopic (exact) mass is 875 g/mol. The van der Waals surface area contributed by atoms with Gasteiger partial charge in [0.15, 0.2) is 0 Å². The Bertz CT molecular complexity index is 4040. The predicted octanol–water partition coefficient (Wildman–Crippen LogP) is 19.3. The highest BCUT2D eigenvalue weighted by atomic mass is 15.1. The molecule has 0 heterocycles. The molecular formula is C68H45N. The Kier molecular flexibility index (Phi) is 9.91. The van der Waals surface area contributed by atoms with Crippen molar-refractivity contribution < 1.29 is 0 Å². The average molecular weight is 876 g/mol. The fraction of sp³-hybridized carbons (Fsp3) is 0. The number of benzene rings is 13. The third-order valence-corrected chi connectivity index (χ3v) is 14.0. The van der Waals surface area contributed by atoms with Crippen LogP contribution < -0.4 is 4.90 Å². The molecule has 0 amide bonds. The van der Waals surface area contributed by atoms with Crippen LogP contribution in [0.4, 0.5) is 17.1 Å². The van der Waals surface area contributed by atoms with Crippen LogP contribution in [0.2, 0.25) is 0 Å². The molecule has 0 saturated heterocycles. The fourth-order valence-electron chi connectivity index (χ4n) is 10.7. The number of anilines is 3. The van der Waals surface area contributed by atoms with E-state index in [0.717, 1.165) is 22.6 Å². The highest BCUT2D eigenvalue weighted by Gasteiger charge is 2.19. The molecule has 0 aliphatic carbocycles. The molecule has 0 bridgehead atoms. The van der Waals surface area contributed by atoms with E-state index in [4.69, 9.17) is 0 Å². The number of hydrogen-bond acceptors (Lipinski definition) is 1. The standard InChI is InChI=1S/C68H45N/c1-3-17-50(18-4-1)67-65-27-12-11-26-63(65)64-42-36-53(45-66(64)68(67)51-19-5-2-6-20-51)47-33-39-57(40-34-47)69(58-23-13-22-54(44-58)61-28-14-21-48-15-7-9-24-59(48)61)56-37-31-46(32-38-56)52-35-41-62-55(43-52)30-29-49-16-8-10-25-60(49)62/h1-45H. The van der Waals surface area contributed by atoms with Gasteiger partial charge in [-0.3, -0.25) is 0 Å². The van der Waals surface area contributed by atoms with E-state index in [9.17, 15) is 0 Å². The van der Waals surface area contributed by atoms with Gasteiger partial charge in [-0.25, -0.2) is 0 Å². The Labute approximate surface area is 402 Å². The molecule has 322 valence electrons. The number of rotatable bonds is 8. The van der Waals surface area contributed by atoms with Crippen LogP contribution in [-0.2, 0) is 0 Å². The van der Waals surface area contributed by atoms with Crippen LogP contribution >= 0.6 is 0 Å². The molecule has 0 saturated carbocycles. The third kappa shape index (κ3) is 7.20. The molecule has 0 radical (unpaired) electrons. The van der Waals surface area contributed by atoms with E-state index in [1.165, 1.54) is 104 Å². The van der Waals surface area contributed by atoms with Crippen LogP contribution in [0.1, 0.15) is 0 Å². The summed E-state index contributed by atoms with van der Waals surface area (Å²) in [5.41, 5.74) is 15.3. The summed E-state index contributed by atoms with van der Waals surface area (Å²) in [6.45, 7) is 0. The lowest BCUT2D eigenvalue weighted by atomic mass is 9.84. The van der Waals surface area contributed by atoms with Crippen molar-refractivity contribution in [3.63, 3.8) is 0 Å². The maximum atomic E-state index is 2.41. The highest BCUT2D eigenvalue weighted by Crippen LogP contribution is 2.46. The molecule has 0 N–H and O–H groups in total. The Balaban J connectivity index is 0.930. The molecule has 0 aromatic heterocycles. The van der Waals surface area contributed by atoms with E-state index >= 15 is 0 Å². The van der Waals surface area contributed by atoms with Gasteiger partial charge in [-0.15, -0.1) is 0 Å². The quantitative estimate of drug-likeness (QED) is 0.138. The topological polar surface area (TPSA) is 3.24 Å². The van der Waals surface area contributed by atoms with Gasteiger partial charge in [0, 0.05) is 17.1 Å². The second-order valence-electron chi connectivity index (χ2n) is 18.0. The Morgan fingerprint density at radius 3 is 1.32 bits per heavy atom. The van der Waals surface area contributed by atoms with E-state index in [1.54, 1.807) is 0 Å². The molecular weight excluding hydrogens is 831 g/mol. The summed E-state index contributed by atoms with van der Waals surface area (Å²) in [4.78, 5) is 2.39. The van der Waals surface area contributed by atoms with E-state index in [2.05, 4.69) is 278 Å². The van der Waals surface area contributed by atoms with Crippen molar-refractivity contribution in [3.05, 3.63) is 273 Å². The molecule has 0 fully saturated rings. The number of hydrogen-bond donors (Lipinski definition) is 0. The summed E-state index contributed by atoms with van der Waals surface area (Å²) >= 11 is 0. The van der Waals surface area contributed by atoms with Crippen molar-refractivity contribution in [2.45, 2.75) is 0 Å². The number of fused-ring (bicyclic) bond motifs is 7. The summed E-state index contributed by atoms with van der Waals surface area (Å²) in [5.74, 6) is 0. The maximum absolute atomic E-state index is 2.41. The minimum Gasteiger partial charge on any atom is -0.310 e. The van der Waals surface area contributed by atoms with Gasteiger partial charge in [-0.05, 0) is 158 Å². The molecule has 1 nitrogen and oxygen atoms in total. The first-order valence-electron chi connectivity index (χ1n) is 23.8. The summed E-state index contributed by atoms with van der Waals surface area (Å²) in [6.07, 6.45) is 0. The Morgan fingerprint density at radius 2 is 0.638 bits per heavy atom. The van der Waals surface area contributed by atoms with Crippen LogP contribution in [0.25, 0.3) is 109 Å². The van der Waals surface area contributed by atoms with Crippen molar-refractivity contribution in [1.82, 2.24) is 0 Å². The summed E-state index contributed by atoms with van der Waals surface area (Å²) in [5, 5.41) is 12.6. The highest BCUT2D eigenvalue weighted by molar-refractivity contribution is 6.22. The summed E-state index contributed by atoms with van der Waals surface area (Å²) in [6, 6.07) is 100. The average Bonchev–Trinajstić information content (AvgIpc) is 3.43. The van der Waals surface area contributed by atoms with Gasteiger partial charge >= 0.3 is 0 Å². The molecule has 69 heavy (non-hydrogen) atoms. The normalized spacial score (nSPS) is 11.5. The zero-order chi connectivity index (χ0) is 45.7. The largest absolute Gasteiger partial charge is 0.310 e. The first kappa shape index (κ1) is 40.3. The molecule has 0 aliphatic rings. The molecule has 0 unspecified atom stereocenters. The van der Waals surface area contributed by atoms with E-state index < -0.39 is 0 Å². The van der Waals surface area contributed by atoms with Gasteiger partial charge in [0.25, 0.3) is 0 Å². The van der Waals surface area contributed by atoms with Crippen LogP contribution in [0.5, 0.6) is 0 Å². The van der Waals surface area contributed by atoms with Gasteiger partial charge < -0.3 is 4.90 Å². The second-order valence-corrected chi connectivity index (χ2v) is 18.0. The van der Waals surface area contributed by atoms with Crippen LogP contribution in [0.3, 0.4) is 0 Å². The predicted molar refractivity (Wildman–Crippen MR) is 296 cm³/mol. The lowest BCUT2D eigenvalue weighted by Crippen LogP contribution is -2.10. The zero-order valence-corrected chi connectivity index (χ0v) is 37.9. The Morgan fingerprint density at radius 1 is 0.188 bits per heavy atom. The fourth-order valence-corrected chi connectivity index (χ4v) is 10.7. The molecule has 0 aliphatic heterocycles. The second kappa shape index (κ2) is 17.0. The van der Waals surface area contributed by atoms with Crippen LogP contribution in [-0.4, -0.2) is 0 Å². The van der Waals surface area contributed by atoms with Crippen LogP contribution in [0, 0.1) is 0 Å². The minimum atomic E-state index is 1.09. The molecule has 13 aromatic rings. The zero-order valence-electron chi connectivity index (χ0n) is 37.9. The Hall–Kier alpha value is -9.04. The van der Waals surface area contributed by atoms with Crippen molar-refractivity contribution in [2.75, 3.05) is 4.90 Å². The molecule has 0 atom stereocenters. The molecule has 13 aromatic carbocycles. The molecule has 0 spiro atoms. The molecule has 1 heteroatoms.